The van der Waals surface area contributed by atoms with E-state index in [1.54, 1.807) is 13.2 Å². The fourth-order valence-electron chi connectivity index (χ4n) is 3.70. The van der Waals surface area contributed by atoms with Gasteiger partial charge in [-0.05, 0) is 32.3 Å². The molecule has 160 valence electrons. The van der Waals surface area contributed by atoms with Gasteiger partial charge in [0.1, 0.15) is 5.75 Å². The van der Waals surface area contributed by atoms with Crippen molar-refractivity contribution in [1.29, 1.82) is 5.26 Å². The van der Waals surface area contributed by atoms with E-state index in [-0.39, 0.29) is 11.9 Å². The van der Waals surface area contributed by atoms with Crippen molar-refractivity contribution in [2.75, 3.05) is 27.7 Å². The number of nitriles is 1. The lowest BCUT2D eigenvalue weighted by molar-refractivity contribution is -0.116. The van der Waals surface area contributed by atoms with E-state index in [2.05, 4.69) is 20.9 Å². The van der Waals surface area contributed by atoms with Crippen molar-refractivity contribution >= 4 is 22.9 Å². The second kappa shape index (κ2) is 10.5. The fraction of sp³-hybridized carbons (Fsp3) is 0.280. The Balaban J connectivity index is 1.72. The molecule has 0 radical (unpaired) electrons. The highest BCUT2D eigenvalue weighted by Gasteiger charge is 2.18. The van der Waals surface area contributed by atoms with Crippen LogP contribution in [0.25, 0.3) is 17.0 Å². The van der Waals surface area contributed by atoms with Gasteiger partial charge in [-0.25, -0.2) is 0 Å². The summed E-state index contributed by atoms with van der Waals surface area (Å²) < 4.78 is 7.54. The number of fused-ring (bicyclic) bond motifs is 1. The van der Waals surface area contributed by atoms with Crippen LogP contribution >= 0.6 is 0 Å². The van der Waals surface area contributed by atoms with Gasteiger partial charge in [-0.1, -0.05) is 36.4 Å². The summed E-state index contributed by atoms with van der Waals surface area (Å²) in [7, 11) is 5.62. The monoisotopic (exact) mass is 416 g/mol. The molecule has 31 heavy (non-hydrogen) atoms. The molecule has 0 aliphatic heterocycles. The van der Waals surface area contributed by atoms with Crippen LogP contribution in [0.2, 0.25) is 0 Å². The summed E-state index contributed by atoms with van der Waals surface area (Å²) in [5.74, 6) is 0.645. The molecule has 3 aromatic rings. The van der Waals surface area contributed by atoms with Crippen LogP contribution in [0.5, 0.6) is 5.75 Å². The first kappa shape index (κ1) is 22.1. The van der Waals surface area contributed by atoms with E-state index in [0.717, 1.165) is 27.8 Å². The molecular formula is C25H28N4O2. The Morgan fingerprint density at radius 3 is 2.71 bits per heavy atom. The van der Waals surface area contributed by atoms with Gasteiger partial charge in [0, 0.05) is 47.4 Å². The number of benzene rings is 2. The molecule has 1 N–H and O–H groups in total. The van der Waals surface area contributed by atoms with Gasteiger partial charge in [-0.3, -0.25) is 4.79 Å². The molecule has 2 aromatic carbocycles. The highest BCUT2D eigenvalue weighted by atomic mass is 16.5. The summed E-state index contributed by atoms with van der Waals surface area (Å²) in [4.78, 5) is 14.6. The third kappa shape index (κ3) is 5.33. The number of para-hydroxylation sites is 2. The summed E-state index contributed by atoms with van der Waals surface area (Å²) in [5, 5.41) is 13.0. The fourth-order valence-corrected chi connectivity index (χ4v) is 3.70. The number of nitrogens with one attached hydrogen (secondary N) is 1. The van der Waals surface area contributed by atoms with E-state index >= 15 is 0 Å². The predicted molar refractivity (Wildman–Crippen MR) is 124 cm³/mol. The normalized spacial score (nSPS) is 12.2. The van der Waals surface area contributed by atoms with Gasteiger partial charge in [0.2, 0.25) is 5.91 Å². The van der Waals surface area contributed by atoms with Gasteiger partial charge in [-0.2, -0.15) is 5.26 Å². The number of hydrogen-bond donors (Lipinski definition) is 1. The molecule has 0 saturated carbocycles. The molecule has 1 aromatic heterocycles. The molecule has 1 atom stereocenters. The summed E-state index contributed by atoms with van der Waals surface area (Å²) >= 11 is 0. The maximum Gasteiger partial charge on any atom is 0.244 e. The van der Waals surface area contributed by atoms with Crippen molar-refractivity contribution in [3.63, 3.8) is 0 Å². The van der Waals surface area contributed by atoms with Crippen molar-refractivity contribution in [2.45, 2.75) is 19.0 Å². The number of nitrogens with zero attached hydrogens (tertiary/aromatic N) is 3. The Bertz CT molecular complexity index is 1110. The number of carbonyl (C=O) groups is 1. The van der Waals surface area contributed by atoms with E-state index in [0.29, 0.717) is 19.5 Å². The summed E-state index contributed by atoms with van der Waals surface area (Å²) in [6.07, 6.45) is 5.82. The van der Waals surface area contributed by atoms with Gasteiger partial charge >= 0.3 is 0 Å². The van der Waals surface area contributed by atoms with E-state index in [9.17, 15) is 4.79 Å². The largest absolute Gasteiger partial charge is 0.496 e. The SMILES string of the molecule is COc1ccccc1C(CNC(=O)/C=C/c1cn(CCC#N)c2ccccc12)N(C)C. The first-order chi connectivity index (χ1) is 15.0. The van der Waals surface area contributed by atoms with Crippen LogP contribution in [-0.4, -0.2) is 43.1 Å². The number of aromatic nitrogens is 1. The van der Waals surface area contributed by atoms with Crippen LogP contribution in [-0.2, 0) is 11.3 Å². The van der Waals surface area contributed by atoms with Gasteiger partial charge in [0.15, 0.2) is 0 Å². The first-order valence-electron chi connectivity index (χ1n) is 10.2. The zero-order valence-electron chi connectivity index (χ0n) is 18.2. The first-order valence-corrected chi connectivity index (χ1v) is 10.2. The number of methoxy groups -OCH3 is 1. The second-order valence-electron chi connectivity index (χ2n) is 7.50. The molecule has 1 amide bonds. The van der Waals surface area contributed by atoms with Crippen LogP contribution in [0.15, 0.2) is 60.8 Å². The Kier molecular flexibility index (Phi) is 7.47. The number of carbonyl (C=O) groups excluding carboxylic acids is 1. The highest BCUT2D eigenvalue weighted by molar-refractivity contribution is 5.96. The van der Waals surface area contributed by atoms with E-state index in [1.165, 1.54) is 0 Å². The second-order valence-corrected chi connectivity index (χ2v) is 7.50. The molecule has 1 unspecified atom stereocenters. The van der Waals surface area contributed by atoms with Gasteiger partial charge < -0.3 is 19.5 Å². The molecule has 0 aliphatic carbocycles. The third-order valence-corrected chi connectivity index (χ3v) is 5.29. The van der Waals surface area contributed by atoms with Crippen LogP contribution in [0.4, 0.5) is 0 Å². The Hall–Kier alpha value is -3.56. The molecule has 6 nitrogen and oxygen atoms in total. The van der Waals surface area contributed by atoms with Crippen molar-refractivity contribution < 1.29 is 9.53 Å². The number of amides is 1. The number of hydrogen-bond acceptors (Lipinski definition) is 4. The molecule has 6 heteroatoms. The highest BCUT2D eigenvalue weighted by Crippen LogP contribution is 2.27. The molecule has 0 fully saturated rings. The number of likely N-dealkylation sites (N-methyl/N-ethyl adjacent to an activating group) is 1. The molecule has 0 aliphatic rings. The maximum absolute atomic E-state index is 12.5. The summed E-state index contributed by atoms with van der Waals surface area (Å²) in [6.45, 7) is 1.08. The number of aryl methyl sites for hydroxylation is 1. The van der Waals surface area contributed by atoms with Crippen LogP contribution in [0.3, 0.4) is 0 Å². The third-order valence-electron chi connectivity index (χ3n) is 5.29. The lowest BCUT2D eigenvalue weighted by atomic mass is 10.0. The smallest absolute Gasteiger partial charge is 0.244 e. The molecule has 3 rings (SSSR count). The zero-order chi connectivity index (χ0) is 22.2. The summed E-state index contributed by atoms with van der Waals surface area (Å²) in [6, 6.07) is 18.0. The van der Waals surface area contributed by atoms with Crippen molar-refractivity contribution in [3.8, 4) is 11.8 Å². The number of rotatable bonds is 9. The minimum atomic E-state index is -0.157. The lowest BCUT2D eigenvalue weighted by Gasteiger charge is -2.26. The van der Waals surface area contributed by atoms with E-state index in [4.69, 9.17) is 10.00 Å². The Morgan fingerprint density at radius 1 is 1.23 bits per heavy atom. The van der Waals surface area contributed by atoms with Crippen LogP contribution in [0.1, 0.15) is 23.6 Å². The molecular weight excluding hydrogens is 388 g/mol. The van der Waals surface area contributed by atoms with Crippen molar-refractivity contribution in [3.05, 3.63) is 71.9 Å². The number of ether oxygens (including phenoxy) is 1. The minimum absolute atomic E-state index is 0.0126. The quantitative estimate of drug-likeness (QED) is 0.536. The molecule has 0 spiro atoms. The van der Waals surface area contributed by atoms with Crippen molar-refractivity contribution in [2.24, 2.45) is 0 Å². The lowest BCUT2D eigenvalue weighted by Crippen LogP contribution is -2.33. The molecule has 0 bridgehead atoms. The van der Waals surface area contributed by atoms with Gasteiger partial charge in [0.25, 0.3) is 0 Å². The zero-order valence-corrected chi connectivity index (χ0v) is 18.2. The van der Waals surface area contributed by atoms with Crippen molar-refractivity contribution in [1.82, 2.24) is 14.8 Å². The van der Waals surface area contributed by atoms with E-state index in [1.807, 2.05) is 74.9 Å². The molecule has 1 heterocycles. The average molecular weight is 417 g/mol. The predicted octanol–water partition coefficient (Wildman–Crippen LogP) is 4.00. The van der Waals surface area contributed by atoms with Crippen LogP contribution in [0, 0.1) is 11.3 Å². The Morgan fingerprint density at radius 2 is 1.97 bits per heavy atom. The van der Waals surface area contributed by atoms with E-state index < -0.39 is 0 Å². The Labute approximate surface area is 183 Å². The topological polar surface area (TPSA) is 70.3 Å². The van der Waals surface area contributed by atoms with Gasteiger partial charge in [-0.15, -0.1) is 0 Å². The minimum Gasteiger partial charge on any atom is -0.496 e. The average Bonchev–Trinajstić information content (AvgIpc) is 3.14. The van der Waals surface area contributed by atoms with Gasteiger partial charge in [0.05, 0.1) is 25.6 Å². The summed E-state index contributed by atoms with van der Waals surface area (Å²) in [5.41, 5.74) is 3.04. The molecule has 0 saturated heterocycles. The standard InChI is InChI=1S/C25H28N4O2/c1-28(2)23(21-10-5-7-12-24(21)31-3)17-27-25(30)14-13-19-18-29(16-8-15-26)22-11-6-4-9-20(19)22/h4-7,9-14,18,23H,8,16-17H2,1-3H3,(H,27,30)/b14-13+. The maximum atomic E-state index is 12.5. The van der Waals surface area contributed by atoms with Crippen LogP contribution < -0.4 is 10.1 Å².